The van der Waals surface area contributed by atoms with Crippen molar-refractivity contribution in [3.63, 3.8) is 0 Å². The fraction of sp³-hybridized carbons (Fsp3) is 0.900. The van der Waals surface area contributed by atoms with E-state index in [1.807, 2.05) is 0 Å². The van der Waals surface area contributed by atoms with Crippen molar-refractivity contribution < 1.29 is 0 Å². The van der Waals surface area contributed by atoms with Crippen molar-refractivity contribution in [1.29, 1.82) is 0 Å². The normalized spacial score (nSPS) is 31.5. The molecule has 0 unspecified atom stereocenters. The van der Waals surface area contributed by atoms with Crippen molar-refractivity contribution in [2.45, 2.75) is 51.4 Å². The van der Waals surface area contributed by atoms with Crippen LogP contribution in [0.15, 0.2) is 5.10 Å². The van der Waals surface area contributed by atoms with Gasteiger partial charge in [-0.1, -0.05) is 19.3 Å². The number of hydrogen-bond donors (Lipinski definition) is 1. The summed E-state index contributed by atoms with van der Waals surface area (Å²) < 4.78 is 0. The van der Waals surface area contributed by atoms with Gasteiger partial charge in [0, 0.05) is 11.1 Å². The van der Waals surface area contributed by atoms with Crippen LogP contribution in [0.25, 0.3) is 0 Å². The molecule has 0 heterocycles. The predicted octanol–water partition coefficient (Wildman–Crippen LogP) is 2.44. The Labute approximate surface area is 74.2 Å². The maximum absolute atomic E-state index is 5.43. The average molecular weight is 166 g/mol. The zero-order valence-corrected chi connectivity index (χ0v) is 7.68. The molecule has 2 saturated carbocycles. The van der Waals surface area contributed by atoms with Crippen LogP contribution >= 0.6 is 0 Å². The summed E-state index contributed by atoms with van der Waals surface area (Å²) in [6, 6.07) is 0. The van der Waals surface area contributed by atoms with E-state index in [1.54, 1.807) is 0 Å². The highest BCUT2D eigenvalue weighted by molar-refractivity contribution is 5.91. The summed E-state index contributed by atoms with van der Waals surface area (Å²) >= 11 is 0. The third-order valence-corrected chi connectivity index (χ3v) is 3.65. The van der Waals surface area contributed by atoms with Crippen LogP contribution in [0.4, 0.5) is 0 Å². The summed E-state index contributed by atoms with van der Waals surface area (Å²) in [7, 11) is 0. The molecule has 2 aliphatic carbocycles. The van der Waals surface area contributed by atoms with Crippen molar-refractivity contribution in [3.8, 4) is 0 Å². The molecular weight excluding hydrogens is 148 g/mol. The first-order valence-corrected chi connectivity index (χ1v) is 5.15. The van der Waals surface area contributed by atoms with Crippen LogP contribution in [0.5, 0.6) is 0 Å². The maximum atomic E-state index is 5.43. The molecule has 0 aromatic heterocycles. The van der Waals surface area contributed by atoms with Crippen molar-refractivity contribution >= 4 is 5.71 Å². The molecule has 1 spiro atoms. The Morgan fingerprint density at radius 3 is 2.33 bits per heavy atom. The molecule has 0 saturated heterocycles. The third-order valence-electron chi connectivity index (χ3n) is 3.65. The highest BCUT2D eigenvalue weighted by atomic mass is 15.1. The van der Waals surface area contributed by atoms with E-state index in [9.17, 15) is 0 Å². The SMILES string of the molecule is N/N=C1/CCCC12CCCCC2. The molecule has 0 amide bonds. The van der Waals surface area contributed by atoms with Crippen LogP contribution in [0.3, 0.4) is 0 Å². The number of hydrogen-bond acceptors (Lipinski definition) is 2. The Morgan fingerprint density at radius 1 is 1.00 bits per heavy atom. The zero-order chi connectivity index (χ0) is 8.44. The van der Waals surface area contributed by atoms with Crippen LogP contribution in [0, 0.1) is 5.41 Å². The Hall–Kier alpha value is -0.530. The quantitative estimate of drug-likeness (QED) is 0.435. The first-order chi connectivity index (χ1) is 5.87. The van der Waals surface area contributed by atoms with E-state index in [4.69, 9.17) is 5.84 Å². The van der Waals surface area contributed by atoms with Crippen molar-refractivity contribution in [2.75, 3.05) is 0 Å². The van der Waals surface area contributed by atoms with Gasteiger partial charge in [0.1, 0.15) is 0 Å². The molecule has 68 valence electrons. The van der Waals surface area contributed by atoms with E-state index in [2.05, 4.69) is 5.10 Å². The molecule has 0 bridgehead atoms. The summed E-state index contributed by atoms with van der Waals surface area (Å²) in [5.41, 5.74) is 1.79. The van der Waals surface area contributed by atoms with Gasteiger partial charge in [-0.3, -0.25) is 0 Å². The molecule has 2 fully saturated rings. The summed E-state index contributed by atoms with van der Waals surface area (Å²) in [6.07, 6.45) is 10.7. The van der Waals surface area contributed by atoms with Gasteiger partial charge in [0.2, 0.25) is 0 Å². The zero-order valence-electron chi connectivity index (χ0n) is 7.68. The van der Waals surface area contributed by atoms with Gasteiger partial charge in [0.25, 0.3) is 0 Å². The van der Waals surface area contributed by atoms with Gasteiger partial charge in [0.05, 0.1) is 0 Å². The first kappa shape index (κ1) is 8.09. The molecular formula is C10H18N2. The van der Waals surface area contributed by atoms with Gasteiger partial charge in [-0.2, -0.15) is 5.10 Å². The second kappa shape index (κ2) is 3.08. The largest absolute Gasteiger partial charge is 0.323 e. The second-order valence-electron chi connectivity index (χ2n) is 4.27. The van der Waals surface area contributed by atoms with Crippen molar-refractivity contribution in [3.05, 3.63) is 0 Å². The van der Waals surface area contributed by atoms with Gasteiger partial charge < -0.3 is 5.84 Å². The fourth-order valence-electron chi connectivity index (χ4n) is 2.97. The van der Waals surface area contributed by atoms with E-state index >= 15 is 0 Å². The predicted molar refractivity (Wildman–Crippen MR) is 51.0 cm³/mol. The lowest BCUT2D eigenvalue weighted by atomic mass is 9.72. The Bertz CT molecular complexity index is 190. The van der Waals surface area contributed by atoms with Crippen molar-refractivity contribution in [2.24, 2.45) is 16.4 Å². The molecule has 0 aliphatic heterocycles. The molecule has 12 heavy (non-hydrogen) atoms. The summed E-state index contributed by atoms with van der Waals surface area (Å²) in [4.78, 5) is 0. The number of hydrazone groups is 1. The lowest BCUT2D eigenvalue weighted by molar-refractivity contribution is 0.281. The second-order valence-corrected chi connectivity index (χ2v) is 4.27. The molecule has 0 radical (unpaired) electrons. The molecule has 2 N–H and O–H groups in total. The topological polar surface area (TPSA) is 38.4 Å². The number of nitrogens with two attached hydrogens (primary N) is 1. The third kappa shape index (κ3) is 1.13. The minimum absolute atomic E-state index is 0.465. The van der Waals surface area contributed by atoms with Gasteiger partial charge in [0.15, 0.2) is 0 Å². The first-order valence-electron chi connectivity index (χ1n) is 5.15. The summed E-state index contributed by atoms with van der Waals surface area (Å²) in [5.74, 6) is 5.43. The minimum Gasteiger partial charge on any atom is -0.323 e. The van der Waals surface area contributed by atoms with E-state index in [-0.39, 0.29) is 0 Å². The number of nitrogens with zero attached hydrogens (tertiary/aromatic N) is 1. The smallest absolute Gasteiger partial charge is 0.0437 e. The molecule has 2 nitrogen and oxygen atoms in total. The van der Waals surface area contributed by atoms with E-state index < -0.39 is 0 Å². The van der Waals surface area contributed by atoms with Crippen LogP contribution in [-0.2, 0) is 0 Å². The minimum atomic E-state index is 0.465. The van der Waals surface area contributed by atoms with Crippen LogP contribution in [-0.4, -0.2) is 5.71 Å². The molecule has 2 heteroatoms. The highest BCUT2D eigenvalue weighted by Gasteiger charge is 2.40. The summed E-state index contributed by atoms with van der Waals surface area (Å²) in [5, 5.41) is 3.98. The van der Waals surface area contributed by atoms with Gasteiger partial charge in [-0.25, -0.2) is 0 Å². The molecule has 0 aromatic carbocycles. The molecule has 2 rings (SSSR count). The average Bonchev–Trinajstić information content (AvgIpc) is 2.49. The van der Waals surface area contributed by atoms with Gasteiger partial charge in [-0.15, -0.1) is 0 Å². The Balaban J connectivity index is 2.16. The highest BCUT2D eigenvalue weighted by Crippen LogP contribution is 2.46. The monoisotopic (exact) mass is 166 g/mol. The molecule has 0 atom stereocenters. The van der Waals surface area contributed by atoms with Crippen LogP contribution < -0.4 is 5.84 Å². The molecule has 0 aromatic rings. The van der Waals surface area contributed by atoms with E-state index in [0.29, 0.717) is 5.41 Å². The lowest BCUT2D eigenvalue weighted by Gasteiger charge is -2.33. The van der Waals surface area contributed by atoms with Crippen molar-refractivity contribution in [1.82, 2.24) is 0 Å². The van der Waals surface area contributed by atoms with E-state index in [0.717, 1.165) is 6.42 Å². The fourth-order valence-corrected chi connectivity index (χ4v) is 2.97. The van der Waals surface area contributed by atoms with Gasteiger partial charge in [-0.05, 0) is 32.1 Å². The standard InChI is InChI=1S/C10H18N2/c11-12-9-5-4-8-10(9)6-2-1-3-7-10/h1-8,11H2/b12-9-. The van der Waals surface area contributed by atoms with Crippen LogP contribution in [0.1, 0.15) is 51.4 Å². The number of rotatable bonds is 0. The van der Waals surface area contributed by atoms with Gasteiger partial charge >= 0.3 is 0 Å². The van der Waals surface area contributed by atoms with E-state index in [1.165, 1.54) is 50.7 Å². The Kier molecular flexibility index (Phi) is 2.07. The summed E-state index contributed by atoms with van der Waals surface area (Å²) in [6.45, 7) is 0. The lowest BCUT2D eigenvalue weighted by Crippen LogP contribution is -2.29. The maximum Gasteiger partial charge on any atom is 0.0437 e. The van der Waals surface area contributed by atoms with Crippen LogP contribution in [0.2, 0.25) is 0 Å². The Morgan fingerprint density at radius 2 is 1.67 bits per heavy atom. The molecule has 2 aliphatic rings.